The van der Waals surface area contributed by atoms with E-state index in [1.165, 1.54) is 5.57 Å². The predicted octanol–water partition coefficient (Wildman–Crippen LogP) is 2.82. The molecule has 3 N–H and O–H groups in total. The third-order valence-corrected chi connectivity index (χ3v) is 9.45. The molecular weight excluding hydrogens is 368 g/mol. The summed E-state index contributed by atoms with van der Waals surface area (Å²) in [4.78, 5) is 0. The van der Waals surface area contributed by atoms with Crippen LogP contribution in [0.4, 0.5) is 0 Å². The maximum Gasteiger partial charge on any atom is 0.103 e. The Kier molecular flexibility index (Phi) is 5.15. The third-order valence-electron chi connectivity index (χ3n) is 9.45. The van der Waals surface area contributed by atoms with Crippen molar-refractivity contribution in [2.75, 3.05) is 13.2 Å². The molecule has 2 saturated carbocycles. The van der Waals surface area contributed by atoms with Crippen molar-refractivity contribution < 1.29 is 24.8 Å². The van der Waals surface area contributed by atoms with Crippen LogP contribution in [-0.2, 0) is 9.47 Å². The van der Waals surface area contributed by atoms with Gasteiger partial charge in [0, 0.05) is 17.9 Å². The van der Waals surface area contributed by atoms with Crippen molar-refractivity contribution in [3.8, 4) is 0 Å². The molecule has 2 saturated heterocycles. The van der Waals surface area contributed by atoms with Gasteiger partial charge in [0.05, 0.1) is 30.5 Å². The molecule has 2 heterocycles. The molecule has 2 bridgehead atoms. The number of allylic oxidation sites excluding steroid dienone is 1. The van der Waals surface area contributed by atoms with Crippen LogP contribution in [0, 0.1) is 29.1 Å². The Labute approximate surface area is 174 Å². The first-order valence-electron chi connectivity index (χ1n) is 11.8. The number of hydrogen-bond donors (Lipinski definition) is 3. The highest BCUT2D eigenvalue weighted by atomic mass is 16.5. The third kappa shape index (κ3) is 3.07. The summed E-state index contributed by atoms with van der Waals surface area (Å²) in [5, 5.41) is 31.8. The van der Waals surface area contributed by atoms with E-state index in [4.69, 9.17) is 9.47 Å². The molecule has 0 aromatic carbocycles. The van der Waals surface area contributed by atoms with Gasteiger partial charge in [-0.3, -0.25) is 0 Å². The molecule has 9 unspecified atom stereocenters. The van der Waals surface area contributed by atoms with Gasteiger partial charge >= 0.3 is 0 Å². The highest BCUT2D eigenvalue weighted by Crippen LogP contribution is 2.60. The molecule has 164 valence electrons. The normalized spacial score (nSPS) is 49.7. The van der Waals surface area contributed by atoms with Crippen LogP contribution >= 0.6 is 0 Å². The summed E-state index contributed by atoms with van der Waals surface area (Å²) in [6.45, 7) is 5.06. The van der Waals surface area contributed by atoms with Crippen LogP contribution < -0.4 is 0 Å². The van der Waals surface area contributed by atoms with E-state index in [0.29, 0.717) is 29.8 Å². The van der Waals surface area contributed by atoms with Gasteiger partial charge in [0.25, 0.3) is 0 Å². The Morgan fingerprint density at radius 1 is 1.10 bits per heavy atom. The molecule has 0 radical (unpaired) electrons. The summed E-state index contributed by atoms with van der Waals surface area (Å²) >= 11 is 0. The first-order chi connectivity index (χ1) is 13.9. The zero-order chi connectivity index (χ0) is 20.4. The van der Waals surface area contributed by atoms with Gasteiger partial charge < -0.3 is 24.8 Å². The zero-order valence-corrected chi connectivity index (χ0v) is 17.9. The summed E-state index contributed by atoms with van der Waals surface area (Å²) in [5.74, 6) is 1.59. The Morgan fingerprint density at radius 2 is 1.93 bits per heavy atom. The highest BCUT2D eigenvalue weighted by Gasteiger charge is 2.59. The van der Waals surface area contributed by atoms with Crippen LogP contribution in [0.15, 0.2) is 11.6 Å². The van der Waals surface area contributed by atoms with Crippen LogP contribution in [0.3, 0.4) is 0 Å². The molecule has 5 rings (SSSR count). The maximum absolute atomic E-state index is 12.0. The topological polar surface area (TPSA) is 79.2 Å². The SMILES string of the molecule is CC1(C)C2=CCCC1(O)CC1C3CCOC3CCC1C1OC(C(O)CO)CCC21. The van der Waals surface area contributed by atoms with E-state index in [-0.39, 0.29) is 24.2 Å². The second-order valence-corrected chi connectivity index (χ2v) is 10.9. The lowest BCUT2D eigenvalue weighted by Gasteiger charge is -2.59. The van der Waals surface area contributed by atoms with Crippen molar-refractivity contribution in [1.29, 1.82) is 0 Å². The number of ether oxygens (including phenoxy) is 2. The van der Waals surface area contributed by atoms with Gasteiger partial charge in [-0.05, 0) is 69.1 Å². The van der Waals surface area contributed by atoms with Crippen molar-refractivity contribution >= 4 is 0 Å². The monoisotopic (exact) mass is 406 g/mol. The van der Waals surface area contributed by atoms with Crippen LogP contribution in [0.1, 0.15) is 65.2 Å². The second kappa shape index (κ2) is 7.30. The summed E-state index contributed by atoms with van der Waals surface area (Å²) in [5.41, 5.74) is 0.435. The first-order valence-corrected chi connectivity index (χ1v) is 11.8. The van der Waals surface area contributed by atoms with Crippen molar-refractivity contribution in [2.24, 2.45) is 29.1 Å². The fourth-order valence-corrected chi connectivity index (χ4v) is 7.72. The van der Waals surface area contributed by atoms with E-state index >= 15 is 0 Å². The van der Waals surface area contributed by atoms with Gasteiger partial charge in [-0.25, -0.2) is 0 Å². The molecule has 9 atom stereocenters. The molecule has 0 aromatic heterocycles. The van der Waals surface area contributed by atoms with Crippen LogP contribution in [-0.4, -0.2) is 58.6 Å². The molecule has 0 spiro atoms. The summed E-state index contributed by atoms with van der Waals surface area (Å²) in [7, 11) is 0. The number of hydrogen-bond acceptors (Lipinski definition) is 5. The van der Waals surface area contributed by atoms with Gasteiger partial charge in [-0.2, -0.15) is 0 Å². The number of aliphatic hydroxyl groups excluding tert-OH is 2. The minimum Gasteiger partial charge on any atom is -0.394 e. The van der Waals surface area contributed by atoms with E-state index in [0.717, 1.165) is 58.0 Å². The summed E-state index contributed by atoms with van der Waals surface area (Å²) in [6.07, 6.45) is 9.24. The lowest BCUT2D eigenvalue weighted by atomic mass is 9.50. The van der Waals surface area contributed by atoms with Crippen molar-refractivity contribution in [1.82, 2.24) is 0 Å². The Balaban J connectivity index is 1.56. The van der Waals surface area contributed by atoms with Crippen molar-refractivity contribution in [2.45, 2.75) is 95.2 Å². The smallest absolute Gasteiger partial charge is 0.103 e. The fourth-order valence-electron chi connectivity index (χ4n) is 7.72. The molecule has 2 aliphatic heterocycles. The molecule has 4 fully saturated rings. The minimum atomic E-state index is -0.809. The zero-order valence-electron chi connectivity index (χ0n) is 17.9. The van der Waals surface area contributed by atoms with E-state index in [1.54, 1.807) is 0 Å². The molecule has 0 amide bonds. The quantitative estimate of drug-likeness (QED) is 0.615. The maximum atomic E-state index is 12.0. The van der Waals surface area contributed by atoms with E-state index in [9.17, 15) is 15.3 Å². The summed E-state index contributed by atoms with van der Waals surface area (Å²) in [6, 6.07) is 0. The van der Waals surface area contributed by atoms with Crippen molar-refractivity contribution in [3.63, 3.8) is 0 Å². The number of rotatable bonds is 2. The molecular formula is C24H38O5. The molecule has 3 aliphatic carbocycles. The van der Waals surface area contributed by atoms with Crippen LogP contribution in [0.25, 0.3) is 0 Å². The van der Waals surface area contributed by atoms with Crippen LogP contribution in [0.5, 0.6) is 0 Å². The molecule has 29 heavy (non-hydrogen) atoms. The molecule has 5 nitrogen and oxygen atoms in total. The number of fused-ring (bicyclic) bond motifs is 8. The molecule has 5 aliphatic rings. The van der Waals surface area contributed by atoms with Gasteiger partial charge in [0.1, 0.15) is 6.10 Å². The Bertz CT molecular complexity index is 660. The predicted molar refractivity (Wildman–Crippen MR) is 109 cm³/mol. The van der Waals surface area contributed by atoms with Crippen LogP contribution in [0.2, 0.25) is 0 Å². The average molecular weight is 407 g/mol. The standard InChI is InChI=1S/C24H38O5/c1-23(2)18-4-3-10-24(23,27)12-17-14-9-11-28-20(14)7-5-15(17)22-16(18)6-8-21(29-22)19(26)13-25/h4,14-17,19-22,25-27H,3,5-13H2,1-2H3. The van der Waals surface area contributed by atoms with Crippen molar-refractivity contribution in [3.05, 3.63) is 11.6 Å². The van der Waals surface area contributed by atoms with E-state index < -0.39 is 11.7 Å². The average Bonchev–Trinajstić information content (AvgIpc) is 3.19. The molecule has 0 aromatic rings. The lowest BCUT2D eigenvalue weighted by Crippen LogP contribution is -2.60. The van der Waals surface area contributed by atoms with Gasteiger partial charge in [-0.15, -0.1) is 0 Å². The highest BCUT2D eigenvalue weighted by molar-refractivity contribution is 5.29. The number of aliphatic hydroxyl groups is 3. The lowest BCUT2D eigenvalue weighted by molar-refractivity contribution is -0.194. The first kappa shape index (κ1) is 20.4. The largest absolute Gasteiger partial charge is 0.394 e. The van der Waals surface area contributed by atoms with E-state index in [2.05, 4.69) is 19.9 Å². The van der Waals surface area contributed by atoms with Gasteiger partial charge in [0.2, 0.25) is 0 Å². The molecule has 5 heteroatoms. The van der Waals surface area contributed by atoms with Gasteiger partial charge in [-0.1, -0.05) is 25.5 Å². The Hall–Kier alpha value is -0.460. The fraction of sp³-hybridized carbons (Fsp3) is 0.917. The van der Waals surface area contributed by atoms with Gasteiger partial charge in [0.15, 0.2) is 0 Å². The minimum absolute atomic E-state index is 0.0645. The van der Waals surface area contributed by atoms with E-state index in [1.807, 2.05) is 0 Å². The second-order valence-electron chi connectivity index (χ2n) is 10.9. The Morgan fingerprint density at radius 3 is 2.72 bits per heavy atom. The summed E-state index contributed by atoms with van der Waals surface area (Å²) < 4.78 is 12.7.